The quantitative estimate of drug-likeness (QED) is 0.344. The van der Waals surface area contributed by atoms with Crippen LogP contribution in [0.4, 0.5) is 11.4 Å². The summed E-state index contributed by atoms with van der Waals surface area (Å²) in [5.41, 5.74) is 4.44. The number of fused-ring (bicyclic) bond motifs is 2. The first kappa shape index (κ1) is 22.2. The van der Waals surface area contributed by atoms with Gasteiger partial charge in [-0.2, -0.15) is 0 Å². The highest BCUT2D eigenvalue weighted by atomic mass is 16.5. The van der Waals surface area contributed by atoms with Crippen LogP contribution in [0.3, 0.4) is 0 Å². The van der Waals surface area contributed by atoms with Gasteiger partial charge in [0.1, 0.15) is 17.2 Å². The number of anilines is 2. The van der Waals surface area contributed by atoms with E-state index in [9.17, 15) is 4.79 Å². The number of aromatic amines is 2. The van der Waals surface area contributed by atoms with Crippen LogP contribution in [0.2, 0.25) is 0 Å². The molecule has 0 amide bonds. The van der Waals surface area contributed by atoms with E-state index in [1.54, 1.807) is 18.5 Å². The lowest BCUT2D eigenvalue weighted by Gasteiger charge is -2.32. The van der Waals surface area contributed by atoms with Crippen LogP contribution in [0.5, 0.6) is 0 Å². The van der Waals surface area contributed by atoms with Gasteiger partial charge in [-0.25, -0.2) is 15.0 Å². The Morgan fingerprint density at radius 2 is 1.92 bits per heavy atom. The normalized spacial score (nSPS) is 16.9. The maximum absolute atomic E-state index is 13.4. The Kier molecular flexibility index (Phi) is 5.61. The number of nitrogens with zero attached hydrogens (tertiary/aromatic N) is 4. The second-order valence-electron chi connectivity index (χ2n) is 9.14. The molecule has 0 bridgehead atoms. The predicted molar refractivity (Wildman–Crippen MR) is 141 cm³/mol. The molecule has 9 heteroatoms. The summed E-state index contributed by atoms with van der Waals surface area (Å²) in [7, 11) is 0. The van der Waals surface area contributed by atoms with Crippen LogP contribution in [0.1, 0.15) is 25.7 Å². The second kappa shape index (κ2) is 9.09. The largest absolute Gasteiger partial charge is 0.375 e. The topological polar surface area (TPSA) is 112 Å². The van der Waals surface area contributed by atoms with E-state index >= 15 is 0 Å². The number of benzene rings is 2. The van der Waals surface area contributed by atoms with Gasteiger partial charge in [-0.1, -0.05) is 18.2 Å². The van der Waals surface area contributed by atoms with Crippen LogP contribution < -0.4 is 15.8 Å². The van der Waals surface area contributed by atoms with Crippen molar-refractivity contribution in [2.45, 2.75) is 26.0 Å². The first-order valence-corrected chi connectivity index (χ1v) is 12.1. The number of nitrogens with one attached hydrogen (secondary N) is 3. The number of rotatable bonds is 5. The van der Waals surface area contributed by atoms with Gasteiger partial charge in [0.2, 0.25) is 0 Å². The van der Waals surface area contributed by atoms with E-state index < -0.39 is 0 Å². The summed E-state index contributed by atoms with van der Waals surface area (Å²) in [5, 5.41) is 4.38. The Balaban J connectivity index is 1.46. The van der Waals surface area contributed by atoms with Gasteiger partial charge >= 0.3 is 0 Å². The smallest absolute Gasteiger partial charge is 0.261 e. The molecule has 0 spiro atoms. The molecule has 2 atom stereocenters. The monoisotopic (exact) mass is 481 g/mol. The maximum Gasteiger partial charge on any atom is 0.261 e. The summed E-state index contributed by atoms with van der Waals surface area (Å²) >= 11 is 0. The maximum atomic E-state index is 13.4. The zero-order valence-corrected chi connectivity index (χ0v) is 20.2. The summed E-state index contributed by atoms with van der Waals surface area (Å²) in [6, 6.07) is 15.4. The van der Waals surface area contributed by atoms with E-state index in [1.807, 2.05) is 37.3 Å². The molecule has 3 N–H and O–H groups in total. The third-order valence-electron chi connectivity index (χ3n) is 6.56. The van der Waals surface area contributed by atoms with Crippen molar-refractivity contribution in [3.63, 3.8) is 0 Å². The zero-order valence-electron chi connectivity index (χ0n) is 20.2. The molecule has 1 aliphatic rings. The van der Waals surface area contributed by atoms with Gasteiger partial charge in [0, 0.05) is 36.6 Å². The lowest BCUT2D eigenvalue weighted by molar-refractivity contribution is 0.0532. The summed E-state index contributed by atoms with van der Waals surface area (Å²) < 4.78 is 5.69. The Labute approximate surface area is 207 Å². The third-order valence-corrected chi connectivity index (χ3v) is 6.56. The van der Waals surface area contributed by atoms with Crippen molar-refractivity contribution in [1.29, 1.82) is 0 Å². The van der Waals surface area contributed by atoms with Crippen LogP contribution >= 0.6 is 0 Å². The number of hydrogen-bond acceptors (Lipinski definition) is 7. The number of morpholine rings is 1. The SMILES string of the molecule is C[C@H](Nc1c(-c2nc3ccc(N4CCO[C@@H](C)C4)cc3[nH]2)c(=O)[nH]c2ccccc12)c1ncccn1. The van der Waals surface area contributed by atoms with Gasteiger partial charge in [0.25, 0.3) is 5.56 Å². The summed E-state index contributed by atoms with van der Waals surface area (Å²) in [6.45, 7) is 6.45. The van der Waals surface area contributed by atoms with Crippen molar-refractivity contribution in [1.82, 2.24) is 24.9 Å². The Hall–Kier alpha value is -4.24. The average Bonchev–Trinajstić information content (AvgIpc) is 3.32. The van der Waals surface area contributed by atoms with Crippen LogP contribution in [-0.2, 0) is 4.74 Å². The molecule has 1 saturated heterocycles. The van der Waals surface area contributed by atoms with Gasteiger partial charge in [-0.3, -0.25) is 4.79 Å². The molecule has 1 fully saturated rings. The fourth-order valence-electron chi connectivity index (χ4n) is 4.80. The number of hydrogen-bond donors (Lipinski definition) is 3. The van der Waals surface area contributed by atoms with Crippen molar-refractivity contribution in [2.75, 3.05) is 29.9 Å². The molecule has 182 valence electrons. The van der Waals surface area contributed by atoms with Crippen LogP contribution in [0.25, 0.3) is 33.3 Å². The molecule has 9 nitrogen and oxygen atoms in total. The van der Waals surface area contributed by atoms with Crippen molar-refractivity contribution >= 4 is 33.3 Å². The predicted octanol–water partition coefficient (Wildman–Crippen LogP) is 4.26. The molecule has 5 aromatic rings. The third kappa shape index (κ3) is 4.07. The highest BCUT2D eigenvalue weighted by Gasteiger charge is 2.22. The Morgan fingerprint density at radius 1 is 1.08 bits per heavy atom. The number of imidazole rings is 1. The minimum absolute atomic E-state index is 0.187. The van der Waals surface area contributed by atoms with E-state index in [1.165, 1.54) is 0 Å². The van der Waals surface area contributed by atoms with E-state index in [4.69, 9.17) is 9.72 Å². The molecular formula is C27H27N7O2. The molecule has 0 saturated carbocycles. The molecule has 0 radical (unpaired) electrons. The van der Waals surface area contributed by atoms with Crippen molar-refractivity contribution < 1.29 is 4.74 Å². The second-order valence-corrected chi connectivity index (χ2v) is 9.14. The van der Waals surface area contributed by atoms with Gasteiger partial charge in [-0.15, -0.1) is 0 Å². The Bertz CT molecular complexity index is 1590. The molecule has 1 aliphatic heterocycles. The van der Waals surface area contributed by atoms with E-state index in [0.29, 0.717) is 29.5 Å². The molecule has 0 unspecified atom stereocenters. The first-order chi connectivity index (χ1) is 17.6. The summed E-state index contributed by atoms with van der Waals surface area (Å²) in [4.78, 5) is 35.7. The minimum atomic E-state index is -0.227. The van der Waals surface area contributed by atoms with Crippen LogP contribution in [0.15, 0.2) is 65.7 Å². The highest BCUT2D eigenvalue weighted by molar-refractivity contribution is 5.99. The van der Waals surface area contributed by atoms with Gasteiger partial charge in [0.15, 0.2) is 0 Å². The average molecular weight is 482 g/mol. The highest BCUT2D eigenvalue weighted by Crippen LogP contribution is 2.33. The lowest BCUT2D eigenvalue weighted by atomic mass is 10.1. The van der Waals surface area contributed by atoms with E-state index in [2.05, 4.69) is 49.2 Å². The van der Waals surface area contributed by atoms with Gasteiger partial charge in [-0.05, 0) is 44.2 Å². The zero-order chi connectivity index (χ0) is 24.6. The fourth-order valence-corrected chi connectivity index (χ4v) is 4.80. The summed E-state index contributed by atoms with van der Waals surface area (Å²) in [6.07, 6.45) is 3.61. The standard InChI is InChI=1S/C27H27N7O2/c1-16-15-34(12-13-36-16)18-8-9-21-22(14-18)32-26(31-21)23-24(30-17(2)25-28-10-5-11-29-25)19-6-3-4-7-20(19)33-27(23)35/h3-11,14,16-17H,12-13,15H2,1-2H3,(H,31,32)(H2,30,33,35)/t16-,17-/m0/s1. The number of para-hydroxylation sites is 1. The van der Waals surface area contributed by atoms with Crippen molar-refractivity contribution in [3.8, 4) is 11.4 Å². The molecule has 36 heavy (non-hydrogen) atoms. The van der Waals surface area contributed by atoms with E-state index in [-0.39, 0.29) is 17.7 Å². The molecule has 0 aliphatic carbocycles. The van der Waals surface area contributed by atoms with E-state index in [0.717, 1.165) is 40.7 Å². The number of aromatic nitrogens is 5. The van der Waals surface area contributed by atoms with Crippen molar-refractivity contribution in [2.24, 2.45) is 0 Å². The van der Waals surface area contributed by atoms with Gasteiger partial charge in [0.05, 0.1) is 41.0 Å². The van der Waals surface area contributed by atoms with Gasteiger partial charge < -0.3 is 24.9 Å². The number of H-pyrrole nitrogens is 2. The molecule has 2 aromatic carbocycles. The fraction of sp³-hybridized carbons (Fsp3) is 0.259. The molecular weight excluding hydrogens is 454 g/mol. The Morgan fingerprint density at radius 3 is 2.75 bits per heavy atom. The van der Waals surface area contributed by atoms with Crippen molar-refractivity contribution in [3.05, 3.63) is 77.1 Å². The molecule has 3 aromatic heterocycles. The summed E-state index contributed by atoms with van der Waals surface area (Å²) in [5.74, 6) is 1.15. The van der Waals surface area contributed by atoms with Crippen LogP contribution in [0, 0.1) is 0 Å². The first-order valence-electron chi connectivity index (χ1n) is 12.1. The molecule has 4 heterocycles. The molecule has 6 rings (SSSR count). The number of pyridine rings is 1. The lowest BCUT2D eigenvalue weighted by Crippen LogP contribution is -2.41. The minimum Gasteiger partial charge on any atom is -0.375 e. The van der Waals surface area contributed by atoms with Crippen LogP contribution in [-0.4, -0.2) is 50.7 Å². The number of ether oxygens (including phenoxy) is 1.